The van der Waals surface area contributed by atoms with Gasteiger partial charge >= 0.3 is 5.63 Å². The van der Waals surface area contributed by atoms with Crippen LogP contribution in [0, 0.1) is 12.8 Å². The lowest BCUT2D eigenvalue weighted by Crippen LogP contribution is -2.59. The van der Waals surface area contributed by atoms with Crippen molar-refractivity contribution in [3.63, 3.8) is 0 Å². The number of benzene rings is 2. The molecule has 0 fully saturated rings. The number of hydrogen-bond donors (Lipinski definition) is 11. The molecule has 21 nitrogen and oxygen atoms in total. The number of nitrogens with two attached hydrogens (primary N) is 6. The molecule has 17 N–H and O–H groups in total. The molecule has 0 aliphatic heterocycles. The summed E-state index contributed by atoms with van der Waals surface area (Å²) in [7, 11) is 0. The Morgan fingerprint density at radius 1 is 0.629 bits per heavy atom. The Balaban J connectivity index is 1.85. The number of aliphatic imine (C=N–C) groups is 3. The van der Waals surface area contributed by atoms with Crippen molar-refractivity contribution in [1.82, 2.24) is 21.3 Å². The maximum Gasteiger partial charge on any atom is 0.336 e. The summed E-state index contributed by atoms with van der Waals surface area (Å²) in [4.78, 5) is 92.7. The Morgan fingerprint density at radius 2 is 1.13 bits per heavy atom. The fourth-order valence-corrected chi connectivity index (χ4v) is 6.30. The van der Waals surface area contributed by atoms with Crippen LogP contribution >= 0.6 is 0 Å². The average molecular weight is 861 g/mol. The van der Waals surface area contributed by atoms with Crippen molar-refractivity contribution >= 4 is 64.1 Å². The Kier molecular flexibility index (Phi) is 19.7. The van der Waals surface area contributed by atoms with Crippen molar-refractivity contribution in [2.75, 3.05) is 25.0 Å². The van der Waals surface area contributed by atoms with Gasteiger partial charge in [-0.05, 0) is 74.6 Å². The topological polar surface area (TPSA) is 369 Å². The zero-order valence-electron chi connectivity index (χ0n) is 35.3. The smallest absolute Gasteiger partial charge is 0.336 e. The van der Waals surface area contributed by atoms with Crippen LogP contribution in [0.2, 0.25) is 0 Å². The van der Waals surface area contributed by atoms with Gasteiger partial charge in [-0.3, -0.25) is 38.9 Å². The standard InChI is InChI=1S/C41H60N14O7/c1-23(2)34(55-37(60)28(12-7-17-48-39(42)43)52-32(56)21-25-10-5-4-6-11-25)38(61)54-30(14-9-19-50-41(46)47)36(59)53-29(13-8-18-49-40(44)45)35(58)51-26-15-16-27-24(3)20-33(57)62-31(27)22-26/h4-6,10-11,15-16,20,22-23,28-30,34H,7-9,12-14,17-19,21H2,1-3H3,(H,51,58)(H,52,56)(H,53,59)(H,54,61)(H,55,60)(H4,42,43,48)(H4,44,45,49)(H4,46,47,50)/t28-,29-,30-,34-/m0/s1. The number of nitrogens with one attached hydrogen (secondary N) is 5. The molecule has 0 aliphatic rings. The summed E-state index contributed by atoms with van der Waals surface area (Å²) in [5.74, 6) is -4.02. The van der Waals surface area contributed by atoms with E-state index in [-0.39, 0.29) is 81.6 Å². The van der Waals surface area contributed by atoms with Crippen molar-refractivity contribution in [3.8, 4) is 0 Å². The van der Waals surface area contributed by atoms with Gasteiger partial charge in [-0.15, -0.1) is 0 Å². The van der Waals surface area contributed by atoms with Gasteiger partial charge in [-0.2, -0.15) is 0 Å². The predicted octanol–water partition coefficient (Wildman–Crippen LogP) is -0.961. The van der Waals surface area contributed by atoms with E-state index in [9.17, 15) is 28.8 Å². The van der Waals surface area contributed by atoms with E-state index < -0.39 is 65.2 Å². The first-order chi connectivity index (χ1) is 29.4. The molecule has 1 aromatic heterocycles. The van der Waals surface area contributed by atoms with Gasteiger partial charge in [0.15, 0.2) is 17.9 Å². The number of hydrogen-bond acceptors (Lipinski definition) is 10. The fraction of sp³-hybridized carbons (Fsp3) is 0.439. The summed E-state index contributed by atoms with van der Waals surface area (Å²) in [5.41, 5.74) is 34.3. The zero-order valence-corrected chi connectivity index (χ0v) is 35.3. The molecule has 0 bridgehead atoms. The third-order valence-electron chi connectivity index (χ3n) is 9.43. The van der Waals surface area contributed by atoms with Crippen molar-refractivity contribution < 1.29 is 28.4 Å². The van der Waals surface area contributed by atoms with Crippen molar-refractivity contribution in [1.29, 1.82) is 0 Å². The lowest BCUT2D eigenvalue weighted by Gasteiger charge is -2.28. The number of fused-ring (bicyclic) bond motifs is 1. The third-order valence-corrected chi connectivity index (χ3v) is 9.43. The molecule has 0 saturated heterocycles. The number of anilines is 1. The molecule has 0 spiro atoms. The third kappa shape index (κ3) is 17.2. The van der Waals surface area contributed by atoms with Crippen LogP contribution in [0.3, 0.4) is 0 Å². The molecule has 0 radical (unpaired) electrons. The van der Waals surface area contributed by atoms with E-state index in [0.717, 1.165) is 5.56 Å². The summed E-state index contributed by atoms with van der Waals surface area (Å²) in [6, 6.07) is 10.5. The van der Waals surface area contributed by atoms with Crippen LogP contribution in [-0.2, 0) is 30.4 Å². The molecule has 3 aromatic rings. The highest BCUT2D eigenvalue weighted by Gasteiger charge is 2.33. The van der Waals surface area contributed by atoms with Crippen LogP contribution in [-0.4, -0.2) is 91.2 Å². The lowest BCUT2D eigenvalue weighted by molar-refractivity contribution is -0.135. The van der Waals surface area contributed by atoms with E-state index in [4.69, 9.17) is 38.8 Å². The van der Waals surface area contributed by atoms with Gasteiger partial charge in [0.05, 0.1) is 6.42 Å². The first kappa shape index (κ1) is 49.2. The molecule has 3 rings (SSSR count). The highest BCUT2D eigenvalue weighted by Crippen LogP contribution is 2.21. The Bertz CT molecular complexity index is 2140. The molecule has 336 valence electrons. The van der Waals surface area contributed by atoms with E-state index in [2.05, 4.69) is 41.6 Å². The first-order valence-corrected chi connectivity index (χ1v) is 20.2. The van der Waals surface area contributed by atoms with Crippen LogP contribution in [0.25, 0.3) is 11.0 Å². The minimum Gasteiger partial charge on any atom is -0.423 e. The second kappa shape index (κ2) is 24.8. The SMILES string of the molecule is Cc1cc(=O)oc2cc(NC(=O)[C@H](CCCN=C(N)N)NC(=O)[C@H](CCCN=C(N)N)NC(=O)[C@@H](NC(=O)[C@H](CCCN=C(N)N)NC(=O)Cc3ccccc3)C(C)C)ccc12. The Hall–Kier alpha value is -7.19. The zero-order chi connectivity index (χ0) is 45.8. The lowest BCUT2D eigenvalue weighted by atomic mass is 10.0. The van der Waals surface area contributed by atoms with E-state index >= 15 is 0 Å². The second-order valence-corrected chi connectivity index (χ2v) is 14.9. The van der Waals surface area contributed by atoms with Crippen molar-refractivity contribution in [2.45, 2.75) is 89.9 Å². The largest absolute Gasteiger partial charge is 0.423 e. The van der Waals surface area contributed by atoms with Gasteiger partial charge in [0.25, 0.3) is 0 Å². The Labute approximate surface area is 359 Å². The van der Waals surface area contributed by atoms with E-state index in [0.29, 0.717) is 23.1 Å². The number of amides is 5. The van der Waals surface area contributed by atoms with Crippen LogP contribution in [0.15, 0.2) is 78.8 Å². The molecule has 21 heteroatoms. The quantitative estimate of drug-likeness (QED) is 0.0224. The molecule has 0 aliphatic carbocycles. The summed E-state index contributed by atoms with van der Waals surface area (Å²) >= 11 is 0. The van der Waals surface area contributed by atoms with E-state index in [1.54, 1.807) is 57.2 Å². The normalized spacial score (nSPS) is 12.8. The molecule has 62 heavy (non-hydrogen) atoms. The van der Waals surface area contributed by atoms with Gasteiger partial charge in [0, 0.05) is 42.8 Å². The van der Waals surface area contributed by atoms with Crippen LogP contribution in [0.4, 0.5) is 5.69 Å². The fourth-order valence-electron chi connectivity index (χ4n) is 6.30. The molecule has 0 saturated carbocycles. The molecular weight excluding hydrogens is 801 g/mol. The van der Waals surface area contributed by atoms with Crippen LogP contribution < -0.4 is 66.6 Å². The minimum absolute atomic E-state index is 0.0105. The molecule has 1 heterocycles. The highest BCUT2D eigenvalue weighted by atomic mass is 16.4. The van der Waals surface area contributed by atoms with Gasteiger partial charge < -0.3 is 65.4 Å². The van der Waals surface area contributed by atoms with Gasteiger partial charge in [-0.25, -0.2) is 4.79 Å². The number of carbonyl (C=O) groups is 5. The van der Waals surface area contributed by atoms with Crippen LogP contribution in [0.5, 0.6) is 0 Å². The number of rotatable bonds is 24. The van der Waals surface area contributed by atoms with E-state index in [1.165, 1.54) is 12.1 Å². The van der Waals surface area contributed by atoms with Crippen LogP contribution in [0.1, 0.15) is 63.5 Å². The maximum atomic E-state index is 14.1. The number of guanidine groups is 3. The predicted molar refractivity (Wildman–Crippen MR) is 238 cm³/mol. The van der Waals surface area contributed by atoms with E-state index in [1.807, 2.05) is 6.07 Å². The molecule has 2 aromatic carbocycles. The monoisotopic (exact) mass is 860 g/mol. The average Bonchev–Trinajstić information content (AvgIpc) is 3.19. The highest BCUT2D eigenvalue weighted by molar-refractivity contribution is 6.00. The van der Waals surface area contributed by atoms with Gasteiger partial charge in [0.2, 0.25) is 29.5 Å². The van der Waals surface area contributed by atoms with Gasteiger partial charge in [0.1, 0.15) is 29.8 Å². The van der Waals surface area contributed by atoms with Gasteiger partial charge in [-0.1, -0.05) is 44.2 Å². The number of carbonyl (C=O) groups excluding carboxylic acids is 5. The molecule has 5 amide bonds. The summed E-state index contributed by atoms with van der Waals surface area (Å²) in [5, 5.41) is 14.4. The second-order valence-electron chi connectivity index (χ2n) is 14.9. The molecule has 0 unspecified atom stereocenters. The minimum atomic E-state index is -1.23. The first-order valence-electron chi connectivity index (χ1n) is 20.2. The summed E-state index contributed by atoms with van der Waals surface area (Å²) in [6.07, 6.45) is 1.11. The Morgan fingerprint density at radius 3 is 1.66 bits per heavy atom. The van der Waals surface area contributed by atoms with Crippen molar-refractivity contribution in [2.24, 2.45) is 55.3 Å². The number of nitrogens with zero attached hydrogens (tertiary/aromatic N) is 3. The molecule has 4 atom stereocenters. The van der Waals surface area contributed by atoms with Crippen molar-refractivity contribution in [3.05, 3.63) is 76.1 Å². The number of aryl methyl sites for hydroxylation is 1. The summed E-state index contributed by atoms with van der Waals surface area (Å²) in [6.45, 7) is 5.63. The summed E-state index contributed by atoms with van der Waals surface area (Å²) < 4.78 is 5.33. The molecular formula is C41H60N14O7. The maximum absolute atomic E-state index is 14.1.